The highest BCUT2D eigenvalue weighted by Gasteiger charge is 2.11. The van der Waals surface area contributed by atoms with Gasteiger partial charge in [0.2, 0.25) is 0 Å². The molecule has 62 valence electrons. The van der Waals surface area contributed by atoms with Crippen molar-refractivity contribution in [2.24, 2.45) is 5.73 Å². The Bertz CT molecular complexity index is 354. The number of thiophene rings is 1. The molecule has 0 saturated heterocycles. The Morgan fingerprint density at radius 1 is 1.67 bits per heavy atom. The number of anilines is 1. The zero-order valence-electron chi connectivity index (χ0n) is 6.33. The van der Waals surface area contributed by atoms with E-state index in [-0.39, 0.29) is 5.91 Å². The molecule has 1 aliphatic rings. The average molecular weight is 180 g/mol. The van der Waals surface area contributed by atoms with Gasteiger partial charge in [-0.05, 0) is 6.07 Å². The number of primary amides is 1. The van der Waals surface area contributed by atoms with Crippen molar-refractivity contribution < 1.29 is 4.79 Å². The summed E-state index contributed by atoms with van der Waals surface area (Å²) in [5.74, 6) is -0.357. The van der Waals surface area contributed by atoms with Crippen LogP contribution in [-0.2, 0) is 0 Å². The molecule has 0 saturated carbocycles. The van der Waals surface area contributed by atoms with Gasteiger partial charge in [0.1, 0.15) is 0 Å². The van der Waals surface area contributed by atoms with E-state index in [4.69, 9.17) is 5.73 Å². The van der Waals surface area contributed by atoms with Gasteiger partial charge < -0.3 is 11.1 Å². The van der Waals surface area contributed by atoms with Crippen LogP contribution >= 0.6 is 11.3 Å². The third-order valence-corrected chi connectivity index (χ3v) is 2.80. The predicted molar refractivity (Wildman–Crippen MR) is 50.4 cm³/mol. The maximum Gasteiger partial charge on any atom is 0.258 e. The third kappa shape index (κ3) is 1.10. The van der Waals surface area contributed by atoms with Crippen LogP contribution in [0.15, 0.2) is 12.1 Å². The molecular weight excluding hydrogens is 172 g/mol. The first kappa shape index (κ1) is 7.36. The normalized spacial score (nSPS) is 13.7. The first-order valence-electron chi connectivity index (χ1n) is 3.61. The molecule has 2 rings (SSSR count). The molecule has 0 aromatic carbocycles. The van der Waals surface area contributed by atoms with E-state index in [1.54, 1.807) is 0 Å². The maximum atomic E-state index is 10.8. The minimum absolute atomic E-state index is 0.357. The second-order valence-corrected chi connectivity index (χ2v) is 3.59. The minimum Gasteiger partial charge on any atom is -0.373 e. The van der Waals surface area contributed by atoms with Crippen molar-refractivity contribution in [3.63, 3.8) is 0 Å². The molecule has 1 aromatic rings. The van der Waals surface area contributed by atoms with Gasteiger partial charge >= 0.3 is 0 Å². The molecule has 3 N–H and O–H groups in total. The molecule has 1 aliphatic heterocycles. The van der Waals surface area contributed by atoms with Gasteiger partial charge in [0.05, 0.1) is 9.88 Å². The molecule has 1 aromatic heterocycles. The summed E-state index contributed by atoms with van der Waals surface area (Å²) in [6.07, 6.45) is 4.01. The van der Waals surface area contributed by atoms with Crippen molar-refractivity contribution in [2.45, 2.75) is 0 Å². The quantitative estimate of drug-likeness (QED) is 0.684. The SMILES string of the molecule is NC(=O)c1cc2c(s1)NCC=C2. The number of rotatable bonds is 1. The number of nitrogens with one attached hydrogen (secondary N) is 1. The average Bonchev–Trinajstić information content (AvgIpc) is 2.46. The summed E-state index contributed by atoms with van der Waals surface area (Å²) < 4.78 is 0. The summed E-state index contributed by atoms with van der Waals surface area (Å²) in [5.41, 5.74) is 6.20. The number of carbonyl (C=O) groups is 1. The maximum absolute atomic E-state index is 10.8. The molecule has 0 fully saturated rings. The summed E-state index contributed by atoms with van der Waals surface area (Å²) in [6, 6.07) is 1.81. The molecule has 1 amide bonds. The number of amides is 1. The van der Waals surface area contributed by atoms with Crippen LogP contribution in [0.5, 0.6) is 0 Å². The molecule has 3 nitrogen and oxygen atoms in total. The van der Waals surface area contributed by atoms with Gasteiger partial charge in [0.15, 0.2) is 0 Å². The number of hydrogen-bond acceptors (Lipinski definition) is 3. The van der Waals surface area contributed by atoms with E-state index < -0.39 is 0 Å². The highest BCUT2D eigenvalue weighted by atomic mass is 32.1. The fourth-order valence-corrected chi connectivity index (χ4v) is 2.03. The van der Waals surface area contributed by atoms with Gasteiger partial charge in [-0.1, -0.05) is 12.2 Å². The van der Waals surface area contributed by atoms with E-state index in [9.17, 15) is 4.79 Å². The third-order valence-electron chi connectivity index (χ3n) is 1.68. The molecule has 0 radical (unpaired) electrons. The summed E-state index contributed by atoms with van der Waals surface area (Å²) in [6.45, 7) is 0.825. The van der Waals surface area contributed by atoms with Crippen molar-refractivity contribution >= 4 is 28.3 Å². The van der Waals surface area contributed by atoms with E-state index in [2.05, 4.69) is 5.32 Å². The molecule has 4 heteroatoms. The molecule has 0 unspecified atom stereocenters. The standard InChI is InChI=1S/C8H8N2OS/c9-7(11)6-4-5-2-1-3-10-8(5)12-6/h1-2,4,10H,3H2,(H2,9,11). The molecule has 0 bridgehead atoms. The van der Waals surface area contributed by atoms with Crippen molar-refractivity contribution in [1.29, 1.82) is 0 Å². The lowest BCUT2D eigenvalue weighted by Gasteiger charge is -2.05. The van der Waals surface area contributed by atoms with Gasteiger partial charge in [0, 0.05) is 12.1 Å². The summed E-state index contributed by atoms with van der Waals surface area (Å²) in [7, 11) is 0. The van der Waals surface area contributed by atoms with Crippen molar-refractivity contribution in [3.8, 4) is 0 Å². The Morgan fingerprint density at radius 3 is 3.17 bits per heavy atom. The van der Waals surface area contributed by atoms with Crippen molar-refractivity contribution in [2.75, 3.05) is 11.9 Å². The molecular formula is C8H8N2OS. The topological polar surface area (TPSA) is 55.1 Å². The van der Waals surface area contributed by atoms with E-state index in [0.717, 1.165) is 17.1 Å². The second kappa shape index (κ2) is 2.64. The van der Waals surface area contributed by atoms with Crippen LogP contribution in [0.4, 0.5) is 5.00 Å². The van der Waals surface area contributed by atoms with E-state index in [1.165, 1.54) is 11.3 Å². The first-order valence-corrected chi connectivity index (χ1v) is 4.43. The van der Waals surface area contributed by atoms with Gasteiger partial charge in [-0.15, -0.1) is 11.3 Å². The summed E-state index contributed by atoms with van der Waals surface area (Å²) >= 11 is 1.41. The zero-order valence-corrected chi connectivity index (χ0v) is 7.15. The Labute approximate surface area is 73.9 Å². The van der Waals surface area contributed by atoms with Crippen LogP contribution in [0.3, 0.4) is 0 Å². The van der Waals surface area contributed by atoms with E-state index in [1.807, 2.05) is 18.2 Å². The van der Waals surface area contributed by atoms with Crippen LogP contribution in [-0.4, -0.2) is 12.5 Å². The van der Waals surface area contributed by atoms with Gasteiger partial charge in [-0.3, -0.25) is 4.79 Å². The van der Waals surface area contributed by atoms with Crippen molar-refractivity contribution in [3.05, 3.63) is 22.6 Å². The Balaban J connectivity index is 2.46. The number of fused-ring (bicyclic) bond motifs is 1. The number of nitrogens with two attached hydrogens (primary N) is 1. The number of hydrogen-bond donors (Lipinski definition) is 2. The lowest BCUT2D eigenvalue weighted by atomic mass is 10.2. The Morgan fingerprint density at radius 2 is 2.50 bits per heavy atom. The first-order chi connectivity index (χ1) is 5.77. The second-order valence-electron chi connectivity index (χ2n) is 2.54. The molecule has 2 heterocycles. The Hall–Kier alpha value is -1.29. The lowest BCUT2D eigenvalue weighted by Crippen LogP contribution is -2.08. The highest BCUT2D eigenvalue weighted by molar-refractivity contribution is 7.18. The molecule has 0 aliphatic carbocycles. The Kier molecular flexibility index (Phi) is 1.62. The number of carbonyl (C=O) groups excluding carboxylic acids is 1. The fourth-order valence-electron chi connectivity index (χ4n) is 1.13. The van der Waals surface area contributed by atoms with Crippen LogP contribution < -0.4 is 11.1 Å². The zero-order chi connectivity index (χ0) is 8.55. The molecule has 0 atom stereocenters. The lowest BCUT2D eigenvalue weighted by molar-refractivity contribution is 0.100. The summed E-state index contributed by atoms with van der Waals surface area (Å²) in [4.78, 5) is 11.4. The van der Waals surface area contributed by atoms with Crippen LogP contribution in [0.1, 0.15) is 15.2 Å². The largest absolute Gasteiger partial charge is 0.373 e. The molecule has 12 heavy (non-hydrogen) atoms. The van der Waals surface area contributed by atoms with Gasteiger partial charge in [0.25, 0.3) is 5.91 Å². The van der Waals surface area contributed by atoms with Crippen molar-refractivity contribution in [1.82, 2.24) is 0 Å². The van der Waals surface area contributed by atoms with Gasteiger partial charge in [-0.2, -0.15) is 0 Å². The van der Waals surface area contributed by atoms with Crippen LogP contribution in [0, 0.1) is 0 Å². The minimum atomic E-state index is -0.357. The highest BCUT2D eigenvalue weighted by Crippen LogP contribution is 2.30. The predicted octanol–water partition coefficient (Wildman–Crippen LogP) is 1.29. The van der Waals surface area contributed by atoms with E-state index >= 15 is 0 Å². The fraction of sp³-hybridized carbons (Fsp3) is 0.125. The van der Waals surface area contributed by atoms with Crippen LogP contribution in [0.2, 0.25) is 0 Å². The smallest absolute Gasteiger partial charge is 0.258 e. The molecule has 0 spiro atoms. The van der Waals surface area contributed by atoms with Gasteiger partial charge in [-0.25, -0.2) is 0 Å². The van der Waals surface area contributed by atoms with Crippen LogP contribution in [0.25, 0.3) is 6.08 Å². The summed E-state index contributed by atoms with van der Waals surface area (Å²) in [5, 5.41) is 4.20. The monoisotopic (exact) mass is 180 g/mol. The van der Waals surface area contributed by atoms with E-state index in [0.29, 0.717) is 4.88 Å².